The Morgan fingerprint density at radius 3 is 2.82 bits per heavy atom. The van der Waals surface area contributed by atoms with E-state index in [-0.39, 0.29) is 12.5 Å². The van der Waals surface area contributed by atoms with Gasteiger partial charge in [-0.1, -0.05) is 0 Å². The lowest BCUT2D eigenvalue weighted by molar-refractivity contribution is -0.118. The first-order valence-corrected chi connectivity index (χ1v) is 4.86. The van der Waals surface area contributed by atoms with Crippen molar-refractivity contribution < 1.29 is 9.90 Å². The van der Waals surface area contributed by atoms with Gasteiger partial charge in [-0.3, -0.25) is 4.79 Å². The molecule has 0 radical (unpaired) electrons. The molecule has 0 atom stereocenters. The van der Waals surface area contributed by atoms with E-state index >= 15 is 0 Å². The Labute approximate surface area is 71.6 Å². The number of thioether (sulfide) groups is 1. The second-order valence-electron chi connectivity index (χ2n) is 2.17. The average Bonchev–Trinajstić information content (AvgIpc) is 1.96. The van der Waals surface area contributed by atoms with Crippen LogP contribution >= 0.6 is 11.8 Å². The molecule has 0 heterocycles. The topological polar surface area (TPSA) is 49.3 Å². The van der Waals surface area contributed by atoms with E-state index < -0.39 is 0 Å². The summed E-state index contributed by atoms with van der Waals surface area (Å²) in [6.45, 7) is 2.50. The van der Waals surface area contributed by atoms with Gasteiger partial charge >= 0.3 is 0 Å². The molecule has 0 aliphatic carbocycles. The Morgan fingerprint density at radius 1 is 1.55 bits per heavy atom. The second kappa shape index (κ2) is 7.88. The molecule has 0 aromatic carbocycles. The van der Waals surface area contributed by atoms with Crippen LogP contribution in [0.15, 0.2) is 0 Å². The number of hydrogen-bond acceptors (Lipinski definition) is 3. The van der Waals surface area contributed by atoms with Crippen LogP contribution in [0.25, 0.3) is 0 Å². The maximum Gasteiger partial charge on any atom is 0.216 e. The van der Waals surface area contributed by atoms with E-state index in [0.717, 1.165) is 24.5 Å². The fourth-order valence-electron chi connectivity index (χ4n) is 0.568. The molecule has 3 nitrogen and oxygen atoms in total. The quantitative estimate of drug-likeness (QED) is 0.571. The predicted octanol–water partition coefficient (Wildman–Crippen LogP) is 0.238. The summed E-state index contributed by atoms with van der Waals surface area (Å²) in [6.07, 6.45) is 0.838. The smallest absolute Gasteiger partial charge is 0.216 e. The highest BCUT2D eigenvalue weighted by atomic mass is 32.2. The fourth-order valence-corrected chi connectivity index (χ4v) is 1.35. The minimum atomic E-state index is 0.0211. The standard InChI is InChI=1S/C7H15NO2S/c1-7(10)8-3-6-11-5-2-4-9/h9H,2-6H2,1H3,(H,8,10). The molecule has 0 bridgehead atoms. The molecule has 0 aromatic heterocycles. The first kappa shape index (κ1) is 10.8. The van der Waals surface area contributed by atoms with Crippen LogP contribution in [0.1, 0.15) is 13.3 Å². The average molecular weight is 177 g/mol. The van der Waals surface area contributed by atoms with Gasteiger partial charge in [0.15, 0.2) is 0 Å². The molecule has 66 valence electrons. The summed E-state index contributed by atoms with van der Waals surface area (Å²) in [5, 5.41) is 11.1. The van der Waals surface area contributed by atoms with Crippen LogP contribution in [0.4, 0.5) is 0 Å². The summed E-state index contributed by atoms with van der Waals surface area (Å²) in [6, 6.07) is 0. The number of carbonyl (C=O) groups excluding carboxylic acids is 1. The van der Waals surface area contributed by atoms with Crippen molar-refractivity contribution in [2.45, 2.75) is 13.3 Å². The van der Waals surface area contributed by atoms with Crippen LogP contribution in [-0.2, 0) is 4.79 Å². The molecule has 4 heteroatoms. The number of carbonyl (C=O) groups is 1. The molecular formula is C7H15NO2S. The molecule has 0 rings (SSSR count). The zero-order valence-electron chi connectivity index (χ0n) is 6.80. The van der Waals surface area contributed by atoms with Crippen molar-refractivity contribution in [2.24, 2.45) is 0 Å². The van der Waals surface area contributed by atoms with Crippen molar-refractivity contribution in [2.75, 3.05) is 24.7 Å². The Morgan fingerprint density at radius 2 is 2.27 bits per heavy atom. The van der Waals surface area contributed by atoms with Crippen LogP contribution in [0, 0.1) is 0 Å². The maximum atomic E-state index is 10.4. The third-order valence-corrected chi connectivity index (χ3v) is 2.14. The van der Waals surface area contributed by atoms with Crippen LogP contribution in [0.5, 0.6) is 0 Å². The van der Waals surface area contributed by atoms with Gasteiger partial charge in [-0.2, -0.15) is 11.8 Å². The van der Waals surface area contributed by atoms with E-state index in [4.69, 9.17) is 5.11 Å². The van der Waals surface area contributed by atoms with Gasteiger partial charge in [-0.05, 0) is 12.2 Å². The van der Waals surface area contributed by atoms with Gasteiger partial charge in [0.1, 0.15) is 0 Å². The predicted molar refractivity (Wildman–Crippen MR) is 47.7 cm³/mol. The maximum absolute atomic E-state index is 10.4. The van der Waals surface area contributed by atoms with E-state index in [1.165, 1.54) is 6.92 Å². The number of amides is 1. The first-order valence-electron chi connectivity index (χ1n) is 3.70. The SMILES string of the molecule is CC(=O)NCCSCCCO. The highest BCUT2D eigenvalue weighted by molar-refractivity contribution is 7.99. The Kier molecular flexibility index (Phi) is 7.72. The molecule has 0 saturated carbocycles. The van der Waals surface area contributed by atoms with Gasteiger partial charge in [0.05, 0.1) is 0 Å². The van der Waals surface area contributed by atoms with Crippen LogP contribution in [0.2, 0.25) is 0 Å². The van der Waals surface area contributed by atoms with Crippen molar-refractivity contribution in [1.29, 1.82) is 0 Å². The molecule has 2 N–H and O–H groups in total. The third kappa shape index (κ3) is 9.78. The van der Waals surface area contributed by atoms with Crippen LogP contribution in [-0.4, -0.2) is 35.7 Å². The molecule has 0 aromatic rings. The van der Waals surface area contributed by atoms with Crippen LogP contribution in [0.3, 0.4) is 0 Å². The van der Waals surface area contributed by atoms with Crippen molar-refractivity contribution in [3.05, 3.63) is 0 Å². The highest BCUT2D eigenvalue weighted by Crippen LogP contribution is 1.99. The molecule has 1 amide bonds. The second-order valence-corrected chi connectivity index (χ2v) is 3.40. The van der Waals surface area contributed by atoms with E-state index in [1.54, 1.807) is 11.8 Å². The summed E-state index contributed by atoms with van der Waals surface area (Å²) < 4.78 is 0. The molecule has 0 aliphatic heterocycles. The van der Waals surface area contributed by atoms with Gasteiger partial charge in [0, 0.05) is 25.8 Å². The minimum absolute atomic E-state index is 0.0211. The molecule has 0 fully saturated rings. The summed E-state index contributed by atoms with van der Waals surface area (Å²) in [4.78, 5) is 10.4. The lowest BCUT2D eigenvalue weighted by Crippen LogP contribution is -2.22. The molecule has 0 saturated heterocycles. The van der Waals surface area contributed by atoms with Gasteiger partial charge in [0.25, 0.3) is 0 Å². The number of rotatable bonds is 6. The lowest BCUT2D eigenvalue weighted by Gasteiger charge is -2.00. The van der Waals surface area contributed by atoms with Gasteiger partial charge in [0.2, 0.25) is 5.91 Å². The number of aliphatic hydroxyl groups is 1. The van der Waals surface area contributed by atoms with E-state index in [1.807, 2.05) is 0 Å². The Balaban J connectivity index is 2.85. The van der Waals surface area contributed by atoms with Crippen molar-refractivity contribution >= 4 is 17.7 Å². The largest absolute Gasteiger partial charge is 0.396 e. The monoisotopic (exact) mass is 177 g/mol. The number of nitrogens with one attached hydrogen (secondary N) is 1. The molecular weight excluding hydrogens is 162 g/mol. The Bertz CT molecular complexity index is 109. The first-order chi connectivity index (χ1) is 5.27. The van der Waals surface area contributed by atoms with E-state index in [9.17, 15) is 4.79 Å². The van der Waals surface area contributed by atoms with E-state index in [2.05, 4.69) is 5.32 Å². The van der Waals surface area contributed by atoms with Gasteiger partial charge in [-0.15, -0.1) is 0 Å². The van der Waals surface area contributed by atoms with Crippen LogP contribution < -0.4 is 5.32 Å². The van der Waals surface area contributed by atoms with Gasteiger partial charge in [-0.25, -0.2) is 0 Å². The van der Waals surface area contributed by atoms with Crippen molar-refractivity contribution in [1.82, 2.24) is 5.32 Å². The fraction of sp³-hybridized carbons (Fsp3) is 0.857. The summed E-state index contributed by atoms with van der Waals surface area (Å²) in [7, 11) is 0. The van der Waals surface area contributed by atoms with Gasteiger partial charge < -0.3 is 10.4 Å². The Hall–Kier alpha value is -0.220. The third-order valence-electron chi connectivity index (χ3n) is 1.07. The zero-order chi connectivity index (χ0) is 8.53. The zero-order valence-corrected chi connectivity index (χ0v) is 7.62. The van der Waals surface area contributed by atoms with Crippen molar-refractivity contribution in [3.63, 3.8) is 0 Å². The van der Waals surface area contributed by atoms with Crippen molar-refractivity contribution in [3.8, 4) is 0 Å². The normalized spacial score (nSPS) is 9.64. The molecule has 0 unspecified atom stereocenters. The summed E-state index contributed by atoms with van der Waals surface area (Å²) >= 11 is 1.75. The highest BCUT2D eigenvalue weighted by Gasteiger charge is 1.90. The number of aliphatic hydroxyl groups excluding tert-OH is 1. The van der Waals surface area contributed by atoms with E-state index in [0.29, 0.717) is 0 Å². The molecule has 0 aliphatic rings. The molecule has 0 spiro atoms. The summed E-state index contributed by atoms with van der Waals surface area (Å²) in [5.41, 5.74) is 0. The number of hydrogen-bond donors (Lipinski definition) is 2. The molecule has 11 heavy (non-hydrogen) atoms. The lowest BCUT2D eigenvalue weighted by atomic mass is 10.5. The summed E-state index contributed by atoms with van der Waals surface area (Å²) in [5.74, 6) is 1.92. The minimum Gasteiger partial charge on any atom is -0.396 e.